The minimum atomic E-state index is -4.77. The first-order valence-corrected chi connectivity index (χ1v) is 14.5. The molecule has 9 nitrogen and oxygen atoms in total. The highest BCUT2D eigenvalue weighted by Crippen LogP contribution is 2.36. The first-order chi connectivity index (χ1) is 20.5. The fourth-order valence-electron chi connectivity index (χ4n) is 4.49. The third-order valence-electron chi connectivity index (χ3n) is 6.46. The second kappa shape index (κ2) is 12.6. The number of nitrogens with one attached hydrogen (secondary N) is 2. The minimum absolute atomic E-state index is 0.121. The Morgan fingerprint density at radius 3 is 2.63 bits per heavy atom. The number of halogens is 4. The van der Waals surface area contributed by atoms with E-state index in [-0.39, 0.29) is 29.9 Å². The van der Waals surface area contributed by atoms with Gasteiger partial charge in [-0.05, 0) is 59.5 Å². The molecule has 1 atom stereocenters. The van der Waals surface area contributed by atoms with Crippen LogP contribution in [0.1, 0.15) is 30.9 Å². The van der Waals surface area contributed by atoms with E-state index in [1.165, 1.54) is 47.0 Å². The molecule has 2 N–H and O–H groups in total. The number of alkyl halides is 3. The summed E-state index contributed by atoms with van der Waals surface area (Å²) in [6.45, 7) is 4.25. The van der Waals surface area contributed by atoms with Crippen LogP contribution in [0.2, 0.25) is 5.02 Å². The van der Waals surface area contributed by atoms with E-state index < -0.39 is 17.9 Å². The van der Waals surface area contributed by atoms with Gasteiger partial charge in [0.05, 0.1) is 17.1 Å². The van der Waals surface area contributed by atoms with Crippen LogP contribution in [0, 0.1) is 0 Å². The Labute approximate surface area is 254 Å². The van der Waals surface area contributed by atoms with Crippen molar-refractivity contribution in [3.63, 3.8) is 0 Å². The summed E-state index contributed by atoms with van der Waals surface area (Å²) < 4.78 is 42.6. The number of hydrogen-bond donors (Lipinski definition) is 2. The third-order valence-corrected chi connectivity index (χ3v) is 7.75. The molecule has 2 heterocycles. The fourth-order valence-corrected chi connectivity index (χ4v) is 5.67. The van der Waals surface area contributed by atoms with Gasteiger partial charge in [-0.25, -0.2) is 14.5 Å². The van der Waals surface area contributed by atoms with E-state index >= 15 is 0 Å². The second-order valence-corrected chi connectivity index (χ2v) is 11.4. The van der Waals surface area contributed by atoms with Crippen molar-refractivity contribution < 1.29 is 27.5 Å². The van der Waals surface area contributed by atoms with E-state index in [0.717, 1.165) is 11.1 Å². The molecular weight excluding hydrogens is 605 g/mol. The zero-order valence-corrected chi connectivity index (χ0v) is 24.5. The molecule has 1 saturated heterocycles. The highest BCUT2D eigenvalue weighted by molar-refractivity contribution is 8.01. The van der Waals surface area contributed by atoms with Gasteiger partial charge in [-0.2, -0.15) is 0 Å². The minimum Gasteiger partial charge on any atom is -0.406 e. The van der Waals surface area contributed by atoms with E-state index in [0.29, 0.717) is 27.8 Å². The molecule has 3 amide bonds. The molecule has 1 unspecified atom stereocenters. The van der Waals surface area contributed by atoms with Gasteiger partial charge in [0.15, 0.2) is 11.3 Å². The first-order valence-electron chi connectivity index (χ1n) is 13.1. The van der Waals surface area contributed by atoms with Crippen LogP contribution in [0.25, 0.3) is 17.1 Å². The summed E-state index contributed by atoms with van der Waals surface area (Å²) in [6, 6.07) is 17.5. The van der Waals surface area contributed by atoms with Crippen molar-refractivity contribution in [3.8, 4) is 22.8 Å². The Balaban J connectivity index is 1.22. The van der Waals surface area contributed by atoms with Crippen LogP contribution >= 0.6 is 23.4 Å². The number of nitrogens with zero attached hydrogens (tertiary/aromatic N) is 4. The quantitative estimate of drug-likeness (QED) is 0.231. The van der Waals surface area contributed by atoms with Crippen LogP contribution < -0.4 is 20.3 Å². The average molecular weight is 631 g/mol. The second-order valence-electron chi connectivity index (χ2n) is 9.87. The van der Waals surface area contributed by atoms with Gasteiger partial charge in [-0.15, -0.1) is 30.0 Å². The lowest BCUT2D eigenvalue weighted by molar-refractivity contribution is -0.274. The van der Waals surface area contributed by atoms with E-state index in [1.54, 1.807) is 29.2 Å². The summed E-state index contributed by atoms with van der Waals surface area (Å²) in [5.41, 5.74) is 2.98. The van der Waals surface area contributed by atoms with Gasteiger partial charge in [-0.3, -0.25) is 9.69 Å². The Morgan fingerprint density at radius 1 is 1.14 bits per heavy atom. The molecule has 14 heteroatoms. The lowest BCUT2D eigenvalue weighted by Gasteiger charge is -2.28. The number of carbonyl (C=O) groups excluding carboxylic acids is 2. The van der Waals surface area contributed by atoms with Crippen molar-refractivity contribution in [1.82, 2.24) is 25.4 Å². The highest BCUT2D eigenvalue weighted by atomic mass is 35.5. The summed E-state index contributed by atoms with van der Waals surface area (Å²) in [5.74, 6) is 0.302. The Bertz CT molecular complexity index is 1630. The third kappa shape index (κ3) is 7.41. The van der Waals surface area contributed by atoms with Gasteiger partial charge in [-0.1, -0.05) is 49.7 Å². The lowest BCUT2D eigenvalue weighted by atomic mass is 10.0. The van der Waals surface area contributed by atoms with Crippen molar-refractivity contribution in [2.24, 2.45) is 0 Å². The van der Waals surface area contributed by atoms with Gasteiger partial charge in [0.2, 0.25) is 5.91 Å². The average Bonchev–Trinajstić information content (AvgIpc) is 3.58. The predicted octanol–water partition coefficient (Wildman–Crippen LogP) is 6.47. The summed E-state index contributed by atoms with van der Waals surface area (Å²) >= 11 is 7.56. The fraction of sp³-hybridized carbons (Fsp3) is 0.241. The Morgan fingerprint density at radius 2 is 1.91 bits per heavy atom. The van der Waals surface area contributed by atoms with Crippen molar-refractivity contribution in [1.29, 1.82) is 0 Å². The van der Waals surface area contributed by atoms with Gasteiger partial charge in [0.25, 0.3) is 0 Å². The largest absolute Gasteiger partial charge is 0.573 e. The molecule has 0 saturated carbocycles. The number of thioether (sulfide) groups is 1. The van der Waals surface area contributed by atoms with E-state index in [4.69, 9.17) is 11.6 Å². The van der Waals surface area contributed by atoms with Crippen LogP contribution in [0.3, 0.4) is 0 Å². The van der Waals surface area contributed by atoms with E-state index in [2.05, 4.69) is 25.5 Å². The summed E-state index contributed by atoms with van der Waals surface area (Å²) in [4.78, 5) is 31.5. The molecular formula is C29H26ClF3N6O3S. The maximum atomic E-state index is 12.9. The normalized spacial score (nSPS) is 15.2. The SMILES string of the molecule is CC(C)c1ccc(Cl)cc1N1C(=O)CSC1NC(=O)NCc1cccc(-c2ncn(-c3ccc(OC(F)(F)F)cc3)n2)c1. The van der Waals surface area contributed by atoms with E-state index in [9.17, 15) is 22.8 Å². The summed E-state index contributed by atoms with van der Waals surface area (Å²) in [7, 11) is 0. The molecule has 0 aliphatic carbocycles. The monoisotopic (exact) mass is 630 g/mol. The van der Waals surface area contributed by atoms with Crippen LogP contribution in [-0.2, 0) is 11.3 Å². The maximum absolute atomic E-state index is 12.9. The lowest BCUT2D eigenvalue weighted by Crippen LogP contribution is -2.48. The molecule has 1 aliphatic rings. The molecule has 5 rings (SSSR count). The van der Waals surface area contributed by atoms with E-state index in [1.807, 2.05) is 32.0 Å². The first kappa shape index (κ1) is 30.2. The topological polar surface area (TPSA) is 101 Å². The van der Waals surface area contributed by atoms with Crippen molar-refractivity contribution in [2.45, 2.75) is 38.2 Å². The van der Waals surface area contributed by atoms with Crippen molar-refractivity contribution >= 4 is 41.0 Å². The van der Waals surface area contributed by atoms with Gasteiger partial charge in [0, 0.05) is 17.1 Å². The molecule has 3 aromatic carbocycles. The number of urea groups is 1. The molecule has 0 radical (unpaired) electrons. The maximum Gasteiger partial charge on any atom is 0.573 e. The van der Waals surface area contributed by atoms with Gasteiger partial charge < -0.3 is 15.4 Å². The van der Waals surface area contributed by atoms with Crippen molar-refractivity contribution in [2.75, 3.05) is 10.7 Å². The van der Waals surface area contributed by atoms with Gasteiger partial charge in [0.1, 0.15) is 12.1 Å². The zero-order chi connectivity index (χ0) is 30.7. The molecule has 1 fully saturated rings. The number of hydrogen-bond acceptors (Lipinski definition) is 6. The number of anilines is 1. The Kier molecular flexibility index (Phi) is 8.83. The summed E-state index contributed by atoms with van der Waals surface area (Å²) in [6.07, 6.45) is -3.32. The van der Waals surface area contributed by atoms with Crippen LogP contribution in [0.15, 0.2) is 73.1 Å². The van der Waals surface area contributed by atoms with Crippen molar-refractivity contribution in [3.05, 3.63) is 89.2 Å². The highest BCUT2D eigenvalue weighted by Gasteiger charge is 2.35. The Hall–Kier alpha value is -4.23. The number of rotatable bonds is 8. The number of carbonyl (C=O) groups is 2. The van der Waals surface area contributed by atoms with Crippen LogP contribution in [-0.4, -0.2) is 44.3 Å². The molecule has 1 aliphatic heterocycles. The smallest absolute Gasteiger partial charge is 0.406 e. The predicted molar refractivity (Wildman–Crippen MR) is 158 cm³/mol. The molecule has 1 aromatic heterocycles. The standard InChI is InChI=1S/C29H26ClF3N6O3S/c1-17(2)23-11-6-20(30)13-24(23)39-25(40)15-43-28(39)36-27(41)34-14-18-4-3-5-19(12-18)26-35-16-38(37-26)21-7-9-22(10-8-21)42-29(31,32)33/h3-13,16-17,28H,14-15H2,1-2H3,(H2,34,36,41). The molecule has 43 heavy (non-hydrogen) atoms. The molecule has 0 bridgehead atoms. The molecule has 4 aromatic rings. The molecule has 224 valence electrons. The number of amides is 3. The van der Waals surface area contributed by atoms with Crippen LogP contribution in [0.5, 0.6) is 5.75 Å². The number of aromatic nitrogens is 3. The zero-order valence-electron chi connectivity index (χ0n) is 22.9. The van der Waals surface area contributed by atoms with Gasteiger partial charge >= 0.3 is 12.4 Å². The number of ether oxygens (including phenoxy) is 1. The summed E-state index contributed by atoms with van der Waals surface area (Å²) in [5, 5.41) is 10.6. The number of benzene rings is 3. The van der Waals surface area contributed by atoms with Crippen LogP contribution in [0.4, 0.5) is 23.7 Å². The molecule has 0 spiro atoms.